The van der Waals surface area contributed by atoms with Crippen LogP contribution in [0.4, 0.5) is 0 Å². The van der Waals surface area contributed by atoms with Crippen molar-refractivity contribution < 1.29 is 11.0 Å². The highest BCUT2D eigenvalue weighted by Gasteiger charge is 1.97. The van der Waals surface area contributed by atoms with Crippen molar-refractivity contribution in [1.29, 1.82) is 0 Å². The minimum atomic E-state index is 0. The summed E-state index contributed by atoms with van der Waals surface area (Å²) in [6, 6.07) is 10.4. The van der Waals surface area contributed by atoms with Crippen LogP contribution in [-0.4, -0.2) is 22.8 Å². The van der Waals surface area contributed by atoms with Gasteiger partial charge in [-0.15, -0.1) is 0 Å². The smallest absolute Gasteiger partial charge is 0.229 e. The first-order chi connectivity index (χ1) is 5.29. The molecular weight excluding hydrogens is 183 g/mol. The maximum absolute atomic E-state index is 2.20. The number of benzene rings is 1. The molecular formula is C9H16BO2S. The summed E-state index contributed by atoms with van der Waals surface area (Å²) in [5.41, 5.74) is 1.30. The molecule has 0 bridgehead atoms. The van der Waals surface area contributed by atoms with Gasteiger partial charge in [0.1, 0.15) is 0 Å². The third-order valence-corrected chi connectivity index (χ3v) is 2.23. The zero-order chi connectivity index (χ0) is 8.10. The number of hydrogen-bond acceptors (Lipinski definition) is 1. The Morgan fingerprint density at radius 2 is 1.62 bits per heavy atom. The van der Waals surface area contributed by atoms with Gasteiger partial charge in [0, 0.05) is 0 Å². The van der Waals surface area contributed by atoms with Crippen LogP contribution < -0.4 is 5.46 Å². The summed E-state index contributed by atoms with van der Waals surface area (Å²) >= 11 is 1.86. The van der Waals surface area contributed by atoms with E-state index in [1.807, 2.05) is 17.7 Å². The van der Waals surface area contributed by atoms with Gasteiger partial charge in [-0.3, -0.25) is 0 Å². The van der Waals surface area contributed by atoms with Gasteiger partial charge in [-0.2, -0.15) is 0 Å². The Kier molecular flexibility index (Phi) is 9.45. The molecule has 0 atom stereocenters. The van der Waals surface area contributed by atoms with Gasteiger partial charge in [0.25, 0.3) is 0 Å². The van der Waals surface area contributed by atoms with Crippen molar-refractivity contribution in [3.63, 3.8) is 0 Å². The Morgan fingerprint density at radius 1 is 1.08 bits per heavy atom. The molecule has 0 saturated heterocycles. The van der Waals surface area contributed by atoms with Gasteiger partial charge in [-0.05, 0) is 5.25 Å². The van der Waals surface area contributed by atoms with Crippen LogP contribution in [-0.2, 0) is 0 Å². The minimum absolute atomic E-state index is 0. The summed E-state index contributed by atoms with van der Waals surface area (Å²) in [4.78, 5) is 0. The molecule has 4 heteroatoms. The zero-order valence-corrected chi connectivity index (χ0v) is 8.77. The van der Waals surface area contributed by atoms with E-state index in [9.17, 15) is 0 Å². The Bertz CT molecular complexity index is 204. The first-order valence-corrected chi connectivity index (χ1v) is 4.77. The highest BCUT2D eigenvalue weighted by Crippen LogP contribution is 2.05. The molecule has 13 heavy (non-hydrogen) atoms. The lowest BCUT2D eigenvalue weighted by Crippen LogP contribution is -2.11. The molecule has 0 unspecified atom stereocenters. The van der Waals surface area contributed by atoms with Crippen LogP contribution in [0, 0.1) is 0 Å². The van der Waals surface area contributed by atoms with Crippen molar-refractivity contribution in [2.45, 2.75) is 19.1 Å². The Balaban J connectivity index is 0. The van der Waals surface area contributed by atoms with Gasteiger partial charge in [0.2, 0.25) is 6.56 Å². The van der Waals surface area contributed by atoms with E-state index in [4.69, 9.17) is 0 Å². The first-order valence-electron chi connectivity index (χ1n) is 3.83. The van der Waals surface area contributed by atoms with Crippen molar-refractivity contribution in [3.8, 4) is 0 Å². The van der Waals surface area contributed by atoms with E-state index < -0.39 is 0 Å². The highest BCUT2D eigenvalue weighted by molar-refractivity contribution is 8.24. The summed E-state index contributed by atoms with van der Waals surface area (Å²) in [6.45, 7) is 6.60. The molecule has 0 aliphatic heterocycles. The van der Waals surface area contributed by atoms with Crippen LogP contribution in [0.1, 0.15) is 13.8 Å². The van der Waals surface area contributed by atoms with E-state index >= 15 is 0 Å². The van der Waals surface area contributed by atoms with E-state index in [1.54, 1.807) is 0 Å². The second kappa shape index (κ2) is 8.17. The van der Waals surface area contributed by atoms with Crippen LogP contribution in [0.2, 0.25) is 0 Å². The van der Waals surface area contributed by atoms with Crippen molar-refractivity contribution in [3.05, 3.63) is 30.3 Å². The summed E-state index contributed by atoms with van der Waals surface area (Å²) in [6.07, 6.45) is 0. The lowest BCUT2D eigenvalue weighted by Gasteiger charge is -2.02. The predicted octanol–water partition coefficient (Wildman–Crippen LogP) is 0.423. The Hall–Kier alpha value is -0.445. The monoisotopic (exact) mass is 199 g/mol. The fourth-order valence-corrected chi connectivity index (χ4v) is 1.33. The second-order valence-corrected chi connectivity index (χ2v) is 4.16. The van der Waals surface area contributed by atoms with E-state index in [0.717, 1.165) is 0 Å². The van der Waals surface area contributed by atoms with Gasteiger partial charge >= 0.3 is 0 Å². The number of rotatable bonds is 3. The molecule has 0 spiro atoms. The third kappa shape index (κ3) is 6.69. The standard InChI is InChI=1S/C9H12BS.2H2O/c1-8(2)11-10-9-6-4-3-5-7-9;;/h3-8H,1-2H3;2*1H2. The van der Waals surface area contributed by atoms with Crippen molar-refractivity contribution >= 4 is 23.6 Å². The molecule has 4 N–H and O–H groups in total. The lowest BCUT2D eigenvalue weighted by atomic mass is 9.95. The zero-order valence-electron chi connectivity index (χ0n) is 7.95. The van der Waals surface area contributed by atoms with Crippen LogP contribution in [0.25, 0.3) is 0 Å². The third-order valence-electron chi connectivity index (χ3n) is 1.28. The normalized spacial score (nSPS) is 8.54. The van der Waals surface area contributed by atoms with E-state index in [-0.39, 0.29) is 11.0 Å². The molecule has 0 aromatic heterocycles. The maximum atomic E-state index is 2.20. The van der Waals surface area contributed by atoms with Crippen molar-refractivity contribution in [1.82, 2.24) is 0 Å². The van der Waals surface area contributed by atoms with Gasteiger partial charge in [0.15, 0.2) is 0 Å². The molecule has 1 rings (SSSR count). The van der Waals surface area contributed by atoms with E-state index in [2.05, 4.69) is 44.7 Å². The maximum Gasteiger partial charge on any atom is 0.229 e. The Labute approximate surface area is 84.5 Å². The summed E-state index contributed by atoms with van der Waals surface area (Å²) in [5, 5.41) is 0.676. The second-order valence-electron chi connectivity index (χ2n) is 2.71. The quantitative estimate of drug-likeness (QED) is 0.650. The molecule has 0 amide bonds. The van der Waals surface area contributed by atoms with Crippen molar-refractivity contribution in [2.24, 2.45) is 0 Å². The van der Waals surface area contributed by atoms with Crippen molar-refractivity contribution in [2.75, 3.05) is 0 Å². The average molecular weight is 199 g/mol. The molecule has 0 saturated carbocycles. The summed E-state index contributed by atoms with van der Waals surface area (Å²) in [5.74, 6) is 0. The van der Waals surface area contributed by atoms with Gasteiger partial charge < -0.3 is 11.0 Å². The molecule has 0 heterocycles. The lowest BCUT2D eigenvalue weighted by molar-refractivity contribution is 0.823. The molecule has 1 aromatic carbocycles. The minimum Gasteiger partial charge on any atom is -0.412 e. The predicted molar refractivity (Wildman–Crippen MR) is 61.8 cm³/mol. The fourth-order valence-electron chi connectivity index (χ4n) is 0.746. The van der Waals surface area contributed by atoms with Crippen LogP contribution >= 0.6 is 11.6 Å². The molecule has 0 aliphatic carbocycles. The largest absolute Gasteiger partial charge is 0.412 e. The van der Waals surface area contributed by atoms with E-state index in [1.165, 1.54) is 5.46 Å². The van der Waals surface area contributed by atoms with Crippen LogP contribution in [0.5, 0.6) is 0 Å². The van der Waals surface area contributed by atoms with Gasteiger partial charge in [-0.25, -0.2) is 11.6 Å². The summed E-state index contributed by atoms with van der Waals surface area (Å²) < 4.78 is 0. The molecule has 0 aliphatic rings. The molecule has 1 radical (unpaired) electrons. The molecule has 1 aromatic rings. The highest BCUT2D eigenvalue weighted by atomic mass is 32.2. The molecule has 73 valence electrons. The number of hydrogen-bond donors (Lipinski definition) is 0. The molecule has 0 fully saturated rings. The van der Waals surface area contributed by atoms with Crippen LogP contribution in [0.3, 0.4) is 0 Å². The van der Waals surface area contributed by atoms with Crippen LogP contribution in [0.15, 0.2) is 30.3 Å². The topological polar surface area (TPSA) is 63.0 Å². The average Bonchev–Trinajstić information content (AvgIpc) is 2.03. The first kappa shape index (κ1) is 15.0. The Morgan fingerprint density at radius 3 is 2.08 bits per heavy atom. The molecule has 2 nitrogen and oxygen atoms in total. The SMILES string of the molecule is CC(C)S[B]c1ccccc1.O.O. The van der Waals surface area contributed by atoms with E-state index in [0.29, 0.717) is 5.25 Å². The van der Waals surface area contributed by atoms with Gasteiger partial charge in [0.05, 0.1) is 0 Å². The van der Waals surface area contributed by atoms with Gasteiger partial charge in [-0.1, -0.05) is 49.6 Å². The summed E-state index contributed by atoms with van der Waals surface area (Å²) in [7, 11) is 0. The fraction of sp³-hybridized carbons (Fsp3) is 0.333.